The minimum absolute atomic E-state index is 0. The number of methoxy groups -OCH3 is 4. The number of carbonyl (C=O) groups is 3. The fourth-order valence-electron chi connectivity index (χ4n) is 9.62. The van der Waals surface area contributed by atoms with E-state index in [9.17, 15) is 29.7 Å². The molecule has 8 saturated heterocycles. The maximum absolute atomic E-state index is 11.4. The first-order valence-electron chi connectivity index (χ1n) is 34.8. The Hall–Kier alpha value is -3.25. The zero-order valence-electron chi connectivity index (χ0n) is 63.7. The van der Waals surface area contributed by atoms with Gasteiger partial charge in [-0.15, -0.1) is 5.60 Å². The smallest absolute Gasteiger partial charge is 0.850 e. The molecule has 0 bridgehead atoms. The Kier molecular flexibility index (Phi) is 55.1. The first kappa shape index (κ1) is 98.8. The molecule has 582 valence electrons. The van der Waals surface area contributed by atoms with Crippen LogP contribution in [-0.2, 0) is 105 Å². The molecular weight excluding hydrogens is 1340 g/mol. The summed E-state index contributed by atoms with van der Waals surface area (Å²) >= 11 is 0. The van der Waals surface area contributed by atoms with Crippen LogP contribution in [0.15, 0.2) is 91.0 Å². The zero-order chi connectivity index (χ0) is 75.6. The molecule has 8 aliphatic rings. The van der Waals surface area contributed by atoms with Crippen LogP contribution in [0.1, 0.15) is 123 Å². The summed E-state index contributed by atoms with van der Waals surface area (Å²) in [6, 6.07) is 30.2. The van der Waals surface area contributed by atoms with E-state index in [2.05, 4.69) is 31.2 Å². The maximum atomic E-state index is 11.4. The molecule has 0 spiro atoms. The average Bonchev–Trinajstić information content (AvgIpc) is 0.857. The minimum Gasteiger partial charge on any atom is -0.850 e. The fraction of sp³-hybridized carbons (Fsp3) is 0.720. The Morgan fingerprint density at radius 2 is 0.863 bits per heavy atom. The number of carbonyl (C=O) groups excluding carboxylic acids is 3. The number of benzene rings is 3. The van der Waals surface area contributed by atoms with Crippen molar-refractivity contribution in [1.82, 2.24) is 0 Å². The van der Waals surface area contributed by atoms with Gasteiger partial charge < -0.3 is 113 Å². The molecule has 102 heavy (non-hydrogen) atoms. The summed E-state index contributed by atoms with van der Waals surface area (Å²) in [7, 11) is 8.54. The SMILES string of the molecule is CC(C)(C)[O-].CO.CO.COC1(C)CCOCC1=O.COC1(C)CCOCC1O.COC1(C)CCOC[C@@H]1O.COC1(C)CCOC[C@@H]1OCc1ccccc1.N[C@H]1CCOC[C@@H]1O.N[C@H]1CCOC[C@@H]1OCc1ccccc1.O=C1CCOCC1.O=C1CCOC[C@@H]1OCc1ccccc1.[Na+]. The van der Waals surface area contributed by atoms with Gasteiger partial charge in [0.15, 0.2) is 11.6 Å². The summed E-state index contributed by atoms with van der Waals surface area (Å²) in [5.41, 5.74) is 12.5. The molecule has 12 atom stereocenters. The molecule has 8 fully saturated rings. The number of aliphatic hydroxyl groups excluding tert-OH is 5. The Labute approximate surface area is 629 Å². The molecular formula is C75H127N2NaO24. The number of ketones is 3. The van der Waals surface area contributed by atoms with E-state index in [1.165, 1.54) is 11.1 Å². The molecule has 0 aliphatic carbocycles. The van der Waals surface area contributed by atoms with E-state index in [1.807, 2.05) is 80.6 Å². The number of Topliss-reactive ketones (excluding diaryl/α,β-unsaturated/α-hetero) is 3. The van der Waals surface area contributed by atoms with Crippen molar-refractivity contribution in [1.29, 1.82) is 0 Å². The van der Waals surface area contributed by atoms with Crippen molar-refractivity contribution in [2.45, 2.75) is 203 Å². The third-order valence-electron chi connectivity index (χ3n) is 17.3. The Bertz CT molecular complexity index is 2480. The Morgan fingerprint density at radius 3 is 1.23 bits per heavy atom. The number of ether oxygens (including phenoxy) is 15. The van der Waals surface area contributed by atoms with Gasteiger partial charge in [0.25, 0.3) is 0 Å². The Balaban J connectivity index is 0.00000114. The van der Waals surface area contributed by atoms with Crippen molar-refractivity contribution in [3.05, 3.63) is 108 Å². The van der Waals surface area contributed by atoms with Gasteiger partial charge in [0.05, 0.1) is 115 Å². The molecule has 0 radical (unpaired) electrons. The Morgan fingerprint density at radius 1 is 0.471 bits per heavy atom. The van der Waals surface area contributed by atoms with Gasteiger partial charge in [0.1, 0.15) is 42.4 Å². The van der Waals surface area contributed by atoms with Crippen molar-refractivity contribution in [2.24, 2.45) is 11.5 Å². The molecule has 5 unspecified atom stereocenters. The predicted octanol–water partition coefficient (Wildman–Crippen LogP) is 1.83. The third-order valence-corrected chi connectivity index (χ3v) is 17.3. The van der Waals surface area contributed by atoms with E-state index in [1.54, 1.807) is 56.1 Å². The van der Waals surface area contributed by atoms with Crippen LogP contribution in [0.25, 0.3) is 0 Å². The average molecular weight is 1460 g/mol. The molecule has 27 heteroatoms. The van der Waals surface area contributed by atoms with Gasteiger partial charge in [-0.25, -0.2) is 0 Å². The number of aliphatic hydroxyl groups is 5. The summed E-state index contributed by atoms with van der Waals surface area (Å²) in [6.07, 6.45) is 4.74. The standard InChI is InChI=1S/C14H20O3.C12H17NO2.C12H14O3.2C7H14O3.C7H12O3.C5H11NO2.C5H8O2.C4H9O.2CH4O.Na/c1-14(15-2)8-9-16-11-13(14)17-10-12-6-4-3-5-7-12;2*13-11-6-7-14-9-12(11)15-8-10-4-2-1-3-5-10;3*1-7(9-2)3-4-10-5-6(7)8;6-4-1-2-8-3-5(4)7;6-5-1-3-7-4-2-5;1-4(2,3)5;2*1-2;/h3-7,13H,8-11H2,1-2H3;1-5,11-12H,6-9,13H2;1-5,12H,6-9H2;2*6,8H,3-5H2,1-2H3;3-5H2,1-2H3;4-5,7H,1-3,6H2;1-4H2;1-3H3;2*2H,1H3;/q;;;;;;;;-1;;;+1/t13-,14?;11-,12-;12-;6-,7?;;;4-,5-;;;;;/m0000..0...../s1. The predicted molar refractivity (Wildman–Crippen MR) is 380 cm³/mol. The van der Waals surface area contributed by atoms with E-state index in [-0.39, 0.29) is 83.7 Å². The summed E-state index contributed by atoms with van der Waals surface area (Å²) in [5.74, 6) is 0.532. The number of rotatable bonds is 13. The number of nitrogens with two attached hydrogens (primary N) is 2. The van der Waals surface area contributed by atoms with Crippen LogP contribution in [0.3, 0.4) is 0 Å². The van der Waals surface area contributed by atoms with Gasteiger partial charge in [0.2, 0.25) is 0 Å². The first-order valence-corrected chi connectivity index (χ1v) is 34.8. The summed E-state index contributed by atoms with van der Waals surface area (Å²) in [4.78, 5) is 32.9. The van der Waals surface area contributed by atoms with Crippen LogP contribution in [-0.4, -0.2) is 268 Å². The van der Waals surface area contributed by atoms with Gasteiger partial charge in [-0.05, 0) is 57.2 Å². The van der Waals surface area contributed by atoms with E-state index < -0.39 is 40.7 Å². The molecule has 11 rings (SSSR count). The van der Waals surface area contributed by atoms with Crippen molar-refractivity contribution >= 4 is 17.3 Å². The molecule has 26 nitrogen and oxygen atoms in total. The second-order valence-electron chi connectivity index (χ2n) is 26.3. The van der Waals surface area contributed by atoms with Crippen molar-refractivity contribution in [3.63, 3.8) is 0 Å². The van der Waals surface area contributed by atoms with Gasteiger partial charge in [-0.3, -0.25) is 14.4 Å². The third kappa shape index (κ3) is 42.3. The quantitative estimate of drug-likeness (QED) is 0.120. The maximum Gasteiger partial charge on any atom is 1.00 e. The first-order chi connectivity index (χ1) is 48.2. The van der Waals surface area contributed by atoms with Gasteiger partial charge in [-0.2, -0.15) is 0 Å². The van der Waals surface area contributed by atoms with Crippen LogP contribution >= 0.6 is 0 Å². The molecule has 0 saturated carbocycles. The van der Waals surface area contributed by atoms with E-state index in [4.69, 9.17) is 97.8 Å². The van der Waals surface area contributed by atoms with Gasteiger partial charge in [-0.1, -0.05) is 112 Å². The van der Waals surface area contributed by atoms with E-state index in [0.717, 1.165) is 65.1 Å². The molecule has 8 aliphatic heterocycles. The molecule has 0 amide bonds. The minimum atomic E-state index is -0.750. The largest absolute Gasteiger partial charge is 1.00 e. The van der Waals surface area contributed by atoms with Crippen LogP contribution in [0.5, 0.6) is 0 Å². The van der Waals surface area contributed by atoms with E-state index >= 15 is 0 Å². The monoisotopic (exact) mass is 1460 g/mol. The molecule has 0 aromatic heterocycles. The zero-order valence-corrected chi connectivity index (χ0v) is 65.7. The van der Waals surface area contributed by atoms with Crippen LogP contribution in [0.4, 0.5) is 0 Å². The molecule has 3 aromatic rings. The number of hydrogen-bond acceptors (Lipinski definition) is 26. The van der Waals surface area contributed by atoms with Crippen LogP contribution in [0.2, 0.25) is 0 Å². The van der Waals surface area contributed by atoms with Gasteiger partial charge in [0, 0.05) is 133 Å². The van der Waals surface area contributed by atoms with Gasteiger partial charge >= 0.3 is 29.6 Å². The topological polar surface area (TPSA) is 366 Å². The van der Waals surface area contributed by atoms with Crippen LogP contribution in [0, 0.1) is 0 Å². The molecule has 9 N–H and O–H groups in total. The van der Waals surface area contributed by atoms with Crippen LogP contribution < -0.4 is 46.1 Å². The summed E-state index contributed by atoms with van der Waals surface area (Å²) < 4.78 is 79.0. The second kappa shape index (κ2) is 57.0. The molecule has 8 heterocycles. The van der Waals surface area contributed by atoms with Crippen molar-refractivity contribution in [2.75, 3.05) is 148 Å². The number of hydrogen-bond donors (Lipinski definition) is 7. The normalized spacial score (nSPS) is 28.9. The fourth-order valence-corrected chi connectivity index (χ4v) is 9.62. The van der Waals surface area contributed by atoms with Crippen molar-refractivity contribution < 1.29 is 146 Å². The summed E-state index contributed by atoms with van der Waals surface area (Å²) in [5, 5.41) is 51.8. The molecule has 3 aromatic carbocycles. The second-order valence-corrected chi connectivity index (χ2v) is 26.3. The van der Waals surface area contributed by atoms with E-state index in [0.29, 0.717) is 137 Å². The summed E-state index contributed by atoms with van der Waals surface area (Å²) in [6.45, 7) is 23.3. The van der Waals surface area contributed by atoms with Crippen molar-refractivity contribution in [3.8, 4) is 0 Å².